The Morgan fingerprint density at radius 1 is 1.33 bits per heavy atom. The molecule has 1 atom stereocenters. The molecule has 6 nitrogen and oxygen atoms in total. The summed E-state index contributed by atoms with van der Waals surface area (Å²) < 4.78 is 24.6. The number of nitrogens with one attached hydrogen (secondary N) is 2. The van der Waals surface area contributed by atoms with E-state index in [1.807, 2.05) is 37.3 Å². The van der Waals surface area contributed by atoms with Gasteiger partial charge in [0.25, 0.3) is 0 Å². The lowest BCUT2D eigenvalue weighted by molar-refractivity contribution is -0.119. The standard InChI is InChI=1S/C17H21N3O3S/c1-2-14-10-18-17(19-14)24(22,23)11-15(21)20-16(13-8-9-13)12-6-4-3-5-7-12/h3-7,10,13,16H,2,8-9,11H2,1H3,(H,18,19)(H,20,21)/t16-/m1/s1. The van der Waals surface area contributed by atoms with Crippen molar-refractivity contribution in [2.24, 2.45) is 5.92 Å². The largest absolute Gasteiger partial charge is 0.348 e. The van der Waals surface area contributed by atoms with Gasteiger partial charge in [0.15, 0.2) is 0 Å². The first-order valence-electron chi connectivity index (χ1n) is 8.10. The van der Waals surface area contributed by atoms with Crippen molar-refractivity contribution in [3.8, 4) is 0 Å². The Kier molecular flexibility index (Phi) is 4.71. The zero-order valence-corrected chi connectivity index (χ0v) is 14.3. The molecule has 1 heterocycles. The van der Waals surface area contributed by atoms with E-state index in [0.717, 1.165) is 24.1 Å². The van der Waals surface area contributed by atoms with Crippen molar-refractivity contribution in [3.63, 3.8) is 0 Å². The Morgan fingerprint density at radius 3 is 2.62 bits per heavy atom. The second-order valence-electron chi connectivity index (χ2n) is 6.12. The number of aromatic nitrogens is 2. The van der Waals surface area contributed by atoms with E-state index in [9.17, 15) is 13.2 Å². The predicted octanol–water partition coefficient (Wildman–Crippen LogP) is 2.01. The zero-order valence-electron chi connectivity index (χ0n) is 13.5. The van der Waals surface area contributed by atoms with E-state index in [4.69, 9.17) is 0 Å². The van der Waals surface area contributed by atoms with E-state index >= 15 is 0 Å². The molecule has 1 amide bonds. The van der Waals surface area contributed by atoms with Crippen LogP contribution >= 0.6 is 0 Å². The molecule has 24 heavy (non-hydrogen) atoms. The molecule has 1 aliphatic carbocycles. The fraction of sp³-hybridized carbons (Fsp3) is 0.412. The van der Waals surface area contributed by atoms with Gasteiger partial charge in [0, 0.05) is 11.9 Å². The summed E-state index contributed by atoms with van der Waals surface area (Å²) in [5.41, 5.74) is 1.74. The third kappa shape index (κ3) is 3.84. The van der Waals surface area contributed by atoms with Gasteiger partial charge in [-0.05, 0) is 30.7 Å². The molecule has 1 aromatic carbocycles. The van der Waals surface area contributed by atoms with Crippen LogP contribution in [0.2, 0.25) is 0 Å². The summed E-state index contributed by atoms with van der Waals surface area (Å²) in [5, 5.41) is 2.74. The van der Waals surface area contributed by atoms with Crippen LogP contribution < -0.4 is 5.32 Å². The second kappa shape index (κ2) is 6.76. The number of carbonyl (C=O) groups is 1. The highest BCUT2D eigenvalue weighted by Gasteiger charge is 2.34. The third-order valence-corrected chi connectivity index (χ3v) is 5.61. The highest BCUT2D eigenvalue weighted by Crippen LogP contribution is 2.40. The molecule has 1 saturated carbocycles. The van der Waals surface area contributed by atoms with Crippen LogP contribution in [0.25, 0.3) is 0 Å². The molecule has 0 saturated heterocycles. The first kappa shape index (κ1) is 16.7. The van der Waals surface area contributed by atoms with Crippen molar-refractivity contribution in [3.05, 3.63) is 47.8 Å². The minimum atomic E-state index is -3.76. The molecule has 0 aliphatic heterocycles. The number of nitrogens with zero attached hydrogens (tertiary/aromatic N) is 1. The van der Waals surface area contributed by atoms with Crippen molar-refractivity contribution in [1.82, 2.24) is 15.3 Å². The Balaban J connectivity index is 1.69. The van der Waals surface area contributed by atoms with Gasteiger partial charge < -0.3 is 10.3 Å². The number of rotatable bonds is 7. The number of amides is 1. The second-order valence-corrected chi connectivity index (χ2v) is 8.02. The average Bonchev–Trinajstić information content (AvgIpc) is 3.28. The Labute approximate surface area is 141 Å². The van der Waals surface area contributed by atoms with Gasteiger partial charge in [-0.3, -0.25) is 4.79 Å². The van der Waals surface area contributed by atoms with Gasteiger partial charge in [0.05, 0.1) is 6.04 Å². The molecule has 2 aromatic rings. The summed E-state index contributed by atoms with van der Waals surface area (Å²) >= 11 is 0. The van der Waals surface area contributed by atoms with E-state index in [2.05, 4.69) is 15.3 Å². The summed E-state index contributed by atoms with van der Waals surface area (Å²) in [6.07, 6.45) is 4.24. The first-order valence-corrected chi connectivity index (χ1v) is 9.76. The zero-order chi connectivity index (χ0) is 17.2. The van der Waals surface area contributed by atoms with Crippen LogP contribution in [0, 0.1) is 5.92 Å². The third-order valence-electron chi connectivity index (χ3n) is 4.17. The highest BCUT2D eigenvalue weighted by molar-refractivity contribution is 7.91. The van der Waals surface area contributed by atoms with Gasteiger partial charge in [0.1, 0.15) is 5.75 Å². The maximum Gasteiger partial charge on any atom is 0.236 e. The van der Waals surface area contributed by atoms with Gasteiger partial charge in [-0.2, -0.15) is 0 Å². The molecule has 0 radical (unpaired) electrons. The summed E-state index contributed by atoms with van der Waals surface area (Å²) in [5.74, 6) is -0.709. The molecule has 7 heteroatoms. The molecular formula is C17H21N3O3S. The number of hydrogen-bond donors (Lipinski definition) is 2. The summed E-state index contributed by atoms with van der Waals surface area (Å²) in [4.78, 5) is 18.9. The fourth-order valence-corrected chi connectivity index (χ4v) is 3.76. The van der Waals surface area contributed by atoms with E-state index in [-0.39, 0.29) is 11.2 Å². The minimum absolute atomic E-state index is 0.128. The van der Waals surface area contributed by atoms with Crippen LogP contribution in [0.1, 0.15) is 37.1 Å². The van der Waals surface area contributed by atoms with E-state index in [1.54, 1.807) is 0 Å². The number of aryl methyl sites for hydroxylation is 1. The Morgan fingerprint density at radius 2 is 2.04 bits per heavy atom. The Bertz CT molecular complexity index is 811. The maximum absolute atomic E-state index is 12.3. The van der Waals surface area contributed by atoms with Crippen molar-refractivity contribution in [2.45, 2.75) is 37.4 Å². The van der Waals surface area contributed by atoms with Crippen LogP contribution in [-0.4, -0.2) is 30.0 Å². The summed E-state index contributed by atoms with van der Waals surface area (Å²) in [6, 6.07) is 9.54. The van der Waals surface area contributed by atoms with Gasteiger partial charge in [-0.15, -0.1) is 0 Å². The van der Waals surface area contributed by atoms with Gasteiger partial charge in [-0.25, -0.2) is 13.4 Å². The molecule has 0 bridgehead atoms. The number of aromatic amines is 1. The van der Waals surface area contributed by atoms with Crippen molar-refractivity contribution in [2.75, 3.05) is 5.75 Å². The lowest BCUT2D eigenvalue weighted by Gasteiger charge is -2.18. The van der Waals surface area contributed by atoms with Crippen LogP contribution in [0.4, 0.5) is 0 Å². The normalized spacial score (nSPS) is 15.9. The molecular weight excluding hydrogens is 326 g/mol. The smallest absolute Gasteiger partial charge is 0.236 e. The lowest BCUT2D eigenvalue weighted by atomic mass is 10.0. The molecule has 3 rings (SSSR count). The summed E-state index contributed by atoms with van der Waals surface area (Å²) in [6.45, 7) is 1.90. The number of H-pyrrole nitrogens is 1. The van der Waals surface area contributed by atoms with Crippen molar-refractivity contribution < 1.29 is 13.2 Å². The minimum Gasteiger partial charge on any atom is -0.348 e. The van der Waals surface area contributed by atoms with Crippen molar-refractivity contribution >= 4 is 15.7 Å². The SMILES string of the molecule is CCc1cnc(S(=O)(=O)CC(=O)N[C@H](c2ccccc2)C2CC2)[nH]1. The van der Waals surface area contributed by atoms with E-state index in [1.165, 1.54) is 6.20 Å². The molecule has 1 aromatic heterocycles. The molecule has 1 aliphatic rings. The molecule has 128 valence electrons. The monoisotopic (exact) mass is 347 g/mol. The summed E-state index contributed by atoms with van der Waals surface area (Å²) in [7, 11) is -3.76. The topological polar surface area (TPSA) is 91.9 Å². The average molecular weight is 347 g/mol. The number of sulfone groups is 1. The molecule has 0 unspecified atom stereocenters. The van der Waals surface area contributed by atoms with Gasteiger partial charge in [0.2, 0.25) is 20.9 Å². The van der Waals surface area contributed by atoms with Crippen LogP contribution in [0.15, 0.2) is 41.7 Å². The maximum atomic E-state index is 12.3. The number of benzene rings is 1. The lowest BCUT2D eigenvalue weighted by Crippen LogP contribution is -2.34. The highest BCUT2D eigenvalue weighted by atomic mass is 32.2. The van der Waals surface area contributed by atoms with Gasteiger partial charge >= 0.3 is 0 Å². The van der Waals surface area contributed by atoms with E-state index < -0.39 is 21.5 Å². The van der Waals surface area contributed by atoms with E-state index in [0.29, 0.717) is 12.3 Å². The van der Waals surface area contributed by atoms with Gasteiger partial charge in [-0.1, -0.05) is 37.3 Å². The quantitative estimate of drug-likeness (QED) is 0.801. The first-order chi connectivity index (χ1) is 11.5. The number of hydrogen-bond acceptors (Lipinski definition) is 4. The fourth-order valence-electron chi connectivity index (χ4n) is 2.70. The van der Waals surface area contributed by atoms with Crippen LogP contribution in [0.5, 0.6) is 0 Å². The predicted molar refractivity (Wildman–Crippen MR) is 90.1 cm³/mol. The molecule has 1 fully saturated rings. The van der Waals surface area contributed by atoms with Crippen LogP contribution in [0.3, 0.4) is 0 Å². The Hall–Kier alpha value is -2.15. The van der Waals surface area contributed by atoms with Crippen LogP contribution in [-0.2, 0) is 21.1 Å². The number of imidazole rings is 1. The molecule has 2 N–H and O–H groups in total. The molecule has 0 spiro atoms. The van der Waals surface area contributed by atoms with Crippen molar-refractivity contribution in [1.29, 1.82) is 0 Å². The number of carbonyl (C=O) groups excluding carboxylic acids is 1.